The summed E-state index contributed by atoms with van der Waals surface area (Å²) < 4.78 is 0. The molecule has 1 atom stereocenters. The Morgan fingerprint density at radius 1 is 1.25 bits per heavy atom. The molecule has 0 heterocycles. The fraction of sp³-hybridized carbons (Fsp3) is 0.778. The number of ketones is 2. The van der Waals surface area contributed by atoms with Gasteiger partial charge in [-0.2, -0.15) is 0 Å². The highest BCUT2D eigenvalue weighted by atomic mass is 16.3. The van der Waals surface area contributed by atoms with Crippen LogP contribution in [0.15, 0.2) is 0 Å². The summed E-state index contributed by atoms with van der Waals surface area (Å²) >= 11 is 0. The molecule has 0 aromatic heterocycles. The third-order valence-electron chi connectivity index (χ3n) is 1.60. The topological polar surface area (TPSA) is 54.4 Å². The Labute approximate surface area is 72.8 Å². The van der Waals surface area contributed by atoms with E-state index in [0.717, 1.165) is 0 Å². The Balaban J connectivity index is 3.76. The molecule has 0 aliphatic rings. The first-order chi connectivity index (χ1) is 5.43. The Kier molecular flexibility index (Phi) is 4.74. The lowest BCUT2D eigenvalue weighted by Gasteiger charge is -2.08. The van der Waals surface area contributed by atoms with Gasteiger partial charge in [-0.05, 0) is 6.92 Å². The summed E-state index contributed by atoms with van der Waals surface area (Å²) in [5.41, 5.74) is 0. The number of Topliss-reactive ketones (excluding diaryl/α,β-unsaturated/α-hetero) is 2. The highest BCUT2D eigenvalue weighted by Crippen LogP contribution is 2.05. The van der Waals surface area contributed by atoms with E-state index in [0.29, 0.717) is 0 Å². The second-order valence-corrected chi connectivity index (χ2v) is 3.39. The van der Waals surface area contributed by atoms with E-state index in [4.69, 9.17) is 0 Å². The second-order valence-electron chi connectivity index (χ2n) is 3.39. The molecule has 0 aromatic carbocycles. The highest BCUT2D eigenvalue weighted by Gasteiger charge is 2.14. The number of carbonyl (C=O) groups is 2. The van der Waals surface area contributed by atoms with Crippen LogP contribution in [0.4, 0.5) is 0 Å². The molecule has 0 bridgehead atoms. The number of carbonyl (C=O) groups excluding carboxylic acids is 2. The van der Waals surface area contributed by atoms with Crippen LogP contribution in [0.25, 0.3) is 0 Å². The van der Waals surface area contributed by atoms with Crippen LogP contribution >= 0.6 is 0 Å². The third-order valence-corrected chi connectivity index (χ3v) is 1.60. The van der Waals surface area contributed by atoms with Gasteiger partial charge in [-0.1, -0.05) is 13.8 Å². The largest absolute Gasteiger partial charge is 0.392 e. The summed E-state index contributed by atoms with van der Waals surface area (Å²) in [6, 6.07) is 0. The van der Waals surface area contributed by atoms with Crippen LogP contribution in [0, 0.1) is 5.92 Å². The van der Waals surface area contributed by atoms with Crippen molar-refractivity contribution in [1.29, 1.82) is 0 Å². The van der Waals surface area contributed by atoms with E-state index in [1.54, 1.807) is 13.8 Å². The van der Waals surface area contributed by atoms with Crippen molar-refractivity contribution in [3.05, 3.63) is 0 Å². The van der Waals surface area contributed by atoms with Crippen LogP contribution in [0.3, 0.4) is 0 Å². The smallest absolute Gasteiger partial charge is 0.138 e. The molecule has 0 saturated carbocycles. The molecule has 1 N–H and O–H groups in total. The predicted molar refractivity (Wildman–Crippen MR) is 45.8 cm³/mol. The molecule has 3 heteroatoms. The zero-order valence-electron chi connectivity index (χ0n) is 7.83. The molecule has 0 radical (unpaired) electrons. The molecular weight excluding hydrogens is 156 g/mol. The van der Waals surface area contributed by atoms with E-state index in [9.17, 15) is 14.7 Å². The maximum Gasteiger partial charge on any atom is 0.138 e. The second kappa shape index (κ2) is 5.04. The monoisotopic (exact) mass is 172 g/mol. The summed E-state index contributed by atoms with van der Waals surface area (Å²) in [4.78, 5) is 21.6. The van der Waals surface area contributed by atoms with Crippen LogP contribution in [-0.4, -0.2) is 22.8 Å². The summed E-state index contributed by atoms with van der Waals surface area (Å²) in [6.45, 7) is 4.97. The first-order valence-electron chi connectivity index (χ1n) is 4.13. The molecule has 12 heavy (non-hydrogen) atoms. The molecule has 0 spiro atoms. The van der Waals surface area contributed by atoms with Crippen LogP contribution in [0.1, 0.15) is 33.6 Å². The zero-order valence-corrected chi connectivity index (χ0v) is 7.83. The molecule has 3 nitrogen and oxygen atoms in total. The summed E-state index contributed by atoms with van der Waals surface area (Å²) in [5, 5.41) is 9.20. The van der Waals surface area contributed by atoms with Gasteiger partial charge in [0.05, 0.1) is 6.10 Å². The van der Waals surface area contributed by atoms with Gasteiger partial charge in [0.15, 0.2) is 0 Å². The van der Waals surface area contributed by atoms with E-state index in [2.05, 4.69) is 0 Å². The van der Waals surface area contributed by atoms with Gasteiger partial charge >= 0.3 is 0 Å². The zero-order chi connectivity index (χ0) is 9.72. The van der Waals surface area contributed by atoms with E-state index < -0.39 is 6.10 Å². The van der Waals surface area contributed by atoms with Crippen molar-refractivity contribution in [2.24, 2.45) is 5.92 Å². The molecule has 70 valence electrons. The maximum atomic E-state index is 11.1. The van der Waals surface area contributed by atoms with E-state index in [1.165, 1.54) is 6.92 Å². The molecule has 0 aliphatic heterocycles. The SMILES string of the molecule is CC(=O)C[C@H](O)CC(=O)C(C)C. The minimum absolute atomic E-state index is 0.00347. The Hall–Kier alpha value is -0.700. The van der Waals surface area contributed by atoms with Crippen molar-refractivity contribution in [2.75, 3.05) is 0 Å². The molecule has 0 amide bonds. The van der Waals surface area contributed by atoms with Gasteiger partial charge in [0.2, 0.25) is 0 Å². The Bertz CT molecular complexity index is 173. The number of hydrogen-bond donors (Lipinski definition) is 1. The summed E-state index contributed by atoms with van der Waals surface area (Å²) in [6.07, 6.45) is -0.618. The third kappa shape index (κ3) is 5.02. The Morgan fingerprint density at radius 3 is 2.08 bits per heavy atom. The molecular formula is C9H16O3. The minimum atomic E-state index is -0.794. The Morgan fingerprint density at radius 2 is 1.75 bits per heavy atom. The van der Waals surface area contributed by atoms with Crippen molar-refractivity contribution in [2.45, 2.75) is 39.7 Å². The van der Waals surface area contributed by atoms with Crippen molar-refractivity contribution < 1.29 is 14.7 Å². The first-order valence-corrected chi connectivity index (χ1v) is 4.13. The van der Waals surface area contributed by atoms with Crippen molar-refractivity contribution >= 4 is 11.6 Å². The standard InChI is InChI=1S/C9H16O3/c1-6(2)9(12)5-8(11)4-7(3)10/h6,8,11H,4-5H2,1-3H3/t8-/m0/s1. The van der Waals surface area contributed by atoms with Gasteiger partial charge < -0.3 is 5.11 Å². The fourth-order valence-corrected chi connectivity index (χ4v) is 0.872. The van der Waals surface area contributed by atoms with Crippen LogP contribution in [-0.2, 0) is 9.59 Å². The van der Waals surface area contributed by atoms with Gasteiger partial charge in [-0.3, -0.25) is 9.59 Å². The van der Waals surface area contributed by atoms with Crippen molar-refractivity contribution in [3.63, 3.8) is 0 Å². The van der Waals surface area contributed by atoms with E-state index in [1.807, 2.05) is 0 Å². The van der Waals surface area contributed by atoms with Crippen molar-refractivity contribution in [3.8, 4) is 0 Å². The van der Waals surface area contributed by atoms with Gasteiger partial charge in [0.25, 0.3) is 0 Å². The lowest BCUT2D eigenvalue weighted by molar-refractivity contribution is -0.125. The summed E-state index contributed by atoms with van der Waals surface area (Å²) in [7, 11) is 0. The quantitative estimate of drug-likeness (QED) is 0.671. The van der Waals surface area contributed by atoms with E-state index >= 15 is 0 Å². The van der Waals surface area contributed by atoms with Gasteiger partial charge in [-0.25, -0.2) is 0 Å². The lowest BCUT2D eigenvalue weighted by atomic mass is 10.0. The molecule has 0 fully saturated rings. The minimum Gasteiger partial charge on any atom is -0.392 e. The molecule has 0 saturated heterocycles. The number of rotatable bonds is 5. The van der Waals surface area contributed by atoms with Crippen molar-refractivity contribution in [1.82, 2.24) is 0 Å². The van der Waals surface area contributed by atoms with Crippen LogP contribution in [0.5, 0.6) is 0 Å². The summed E-state index contributed by atoms with van der Waals surface area (Å²) in [5.74, 6) is -0.144. The van der Waals surface area contributed by atoms with E-state index in [-0.39, 0.29) is 30.3 Å². The van der Waals surface area contributed by atoms with Gasteiger partial charge in [0.1, 0.15) is 11.6 Å². The molecule has 0 aliphatic carbocycles. The van der Waals surface area contributed by atoms with Crippen LogP contribution < -0.4 is 0 Å². The molecule has 0 unspecified atom stereocenters. The number of aliphatic hydroxyl groups excluding tert-OH is 1. The van der Waals surface area contributed by atoms with Gasteiger partial charge in [-0.15, -0.1) is 0 Å². The normalized spacial score (nSPS) is 13.1. The maximum absolute atomic E-state index is 11.1. The molecule has 0 rings (SSSR count). The number of aliphatic hydroxyl groups is 1. The number of hydrogen-bond acceptors (Lipinski definition) is 3. The molecule has 0 aromatic rings. The predicted octanol–water partition coefficient (Wildman–Crippen LogP) is 0.942. The van der Waals surface area contributed by atoms with Gasteiger partial charge in [0, 0.05) is 18.8 Å². The highest BCUT2D eigenvalue weighted by molar-refractivity contribution is 5.82. The fourth-order valence-electron chi connectivity index (χ4n) is 0.872. The average Bonchev–Trinajstić information content (AvgIpc) is 1.84. The first kappa shape index (κ1) is 11.3. The van der Waals surface area contributed by atoms with Crippen LogP contribution in [0.2, 0.25) is 0 Å². The lowest BCUT2D eigenvalue weighted by Crippen LogP contribution is -2.19. The average molecular weight is 172 g/mol.